The minimum atomic E-state index is -1.57. The van der Waals surface area contributed by atoms with Gasteiger partial charge in [0.15, 0.2) is 0 Å². The number of ether oxygens (including phenoxy) is 4. The van der Waals surface area contributed by atoms with Gasteiger partial charge in [0, 0.05) is 18.1 Å². The Balaban J connectivity index is 1.21. The van der Waals surface area contributed by atoms with Gasteiger partial charge in [-0.05, 0) is 54.1 Å². The molecule has 14 nitrogen and oxygen atoms in total. The number of pyridine rings is 1. The highest BCUT2D eigenvalue weighted by Crippen LogP contribution is 2.30. The van der Waals surface area contributed by atoms with Crippen molar-refractivity contribution in [3.05, 3.63) is 157 Å². The molecule has 5 aromatic rings. The van der Waals surface area contributed by atoms with Gasteiger partial charge in [0.2, 0.25) is 17.6 Å². The number of hydrogen-bond acceptors (Lipinski definition) is 12. The summed E-state index contributed by atoms with van der Waals surface area (Å²) in [5, 5.41) is 19.4. The monoisotopic (exact) mass is 724 g/mol. The molecule has 1 saturated heterocycles. The number of rotatable bonds is 10. The molecule has 0 aliphatic carbocycles. The largest absolute Gasteiger partial charge is 0.404 e. The van der Waals surface area contributed by atoms with Crippen molar-refractivity contribution in [2.75, 3.05) is 6.61 Å². The fourth-order valence-electron chi connectivity index (χ4n) is 5.35. The number of benzene rings is 3. The third-order valence-corrected chi connectivity index (χ3v) is 8.02. The number of hydrogen-bond donors (Lipinski definition) is 1. The van der Waals surface area contributed by atoms with Crippen LogP contribution in [-0.4, -0.2) is 55.9 Å². The standard InChI is InChI=1S/C37H26F2N4O10/c38-26-12-9-21(10-13-26)20-50-28-16-31(51-29(28)19-44)42-18-27(39)34(46)43(37(42)49)33(45)23-7-4-8-24(15-23)36(48)53-32-25(17-40)11-14-30(41-32)52-35(47)22-5-2-1-3-6-22/h1-15,18,28-29,31,44H,16,19-20H2/t28-,29+,31+/m0/s1. The Morgan fingerprint density at radius 2 is 1.60 bits per heavy atom. The van der Waals surface area contributed by atoms with E-state index in [9.17, 15) is 38.7 Å². The van der Waals surface area contributed by atoms with Crippen LogP contribution < -0.4 is 20.7 Å². The van der Waals surface area contributed by atoms with Crippen molar-refractivity contribution in [3.63, 3.8) is 0 Å². The highest BCUT2D eigenvalue weighted by atomic mass is 19.1. The number of esters is 2. The predicted molar refractivity (Wildman–Crippen MR) is 177 cm³/mol. The maximum Gasteiger partial charge on any atom is 0.344 e. The zero-order valence-corrected chi connectivity index (χ0v) is 27.3. The minimum Gasteiger partial charge on any atom is -0.404 e. The number of aromatic nitrogens is 3. The summed E-state index contributed by atoms with van der Waals surface area (Å²) in [7, 11) is 0. The van der Waals surface area contributed by atoms with Crippen LogP contribution in [0.4, 0.5) is 8.78 Å². The van der Waals surface area contributed by atoms with Gasteiger partial charge in [0.25, 0.3) is 11.5 Å². The van der Waals surface area contributed by atoms with Gasteiger partial charge in [-0.1, -0.05) is 36.4 Å². The summed E-state index contributed by atoms with van der Waals surface area (Å²) in [6.07, 6.45) is -2.56. The third kappa shape index (κ3) is 7.97. The summed E-state index contributed by atoms with van der Waals surface area (Å²) < 4.78 is 51.1. The van der Waals surface area contributed by atoms with Crippen molar-refractivity contribution >= 4 is 17.8 Å². The van der Waals surface area contributed by atoms with E-state index in [4.69, 9.17) is 18.9 Å². The number of carbonyl (C=O) groups is 3. The molecule has 6 rings (SSSR count). The number of aliphatic hydroxyl groups excluding tert-OH is 1. The van der Waals surface area contributed by atoms with Crippen molar-refractivity contribution in [2.24, 2.45) is 0 Å². The molecule has 0 bridgehead atoms. The summed E-state index contributed by atoms with van der Waals surface area (Å²) in [6.45, 7) is -0.545. The van der Waals surface area contributed by atoms with Crippen LogP contribution in [0, 0.1) is 23.0 Å². The molecule has 268 valence electrons. The fraction of sp³-hybridized carbons (Fsp3) is 0.162. The van der Waals surface area contributed by atoms with E-state index < -0.39 is 77.2 Å². The first-order chi connectivity index (χ1) is 25.6. The van der Waals surface area contributed by atoms with Gasteiger partial charge in [-0.25, -0.2) is 18.8 Å². The first-order valence-corrected chi connectivity index (χ1v) is 15.8. The lowest BCUT2D eigenvalue weighted by molar-refractivity contribution is -0.0661. The van der Waals surface area contributed by atoms with Gasteiger partial charge in [0.1, 0.15) is 29.8 Å². The second kappa shape index (κ2) is 15.7. The molecule has 3 atom stereocenters. The highest BCUT2D eigenvalue weighted by molar-refractivity contribution is 5.99. The van der Waals surface area contributed by atoms with Crippen molar-refractivity contribution in [3.8, 4) is 17.8 Å². The zero-order valence-electron chi connectivity index (χ0n) is 27.3. The van der Waals surface area contributed by atoms with E-state index in [-0.39, 0.29) is 40.2 Å². The maximum absolute atomic E-state index is 15.0. The van der Waals surface area contributed by atoms with Crippen LogP contribution in [-0.2, 0) is 16.1 Å². The molecule has 1 aliphatic rings. The molecule has 3 aromatic carbocycles. The van der Waals surface area contributed by atoms with Crippen LogP contribution in [0.15, 0.2) is 107 Å². The van der Waals surface area contributed by atoms with Crippen LogP contribution in [0.2, 0.25) is 0 Å². The molecule has 3 heterocycles. The average Bonchev–Trinajstić information content (AvgIpc) is 3.59. The smallest absolute Gasteiger partial charge is 0.344 e. The Hall–Kier alpha value is -6.67. The van der Waals surface area contributed by atoms with E-state index in [1.54, 1.807) is 24.3 Å². The summed E-state index contributed by atoms with van der Waals surface area (Å²) in [4.78, 5) is 69.5. The SMILES string of the molecule is N#Cc1ccc(OC(=O)c2ccccc2)nc1OC(=O)c1cccc(C(=O)n2c(=O)c(F)cn([C@H]3C[C@H](OCc4ccc(F)cc4)[C@@H](CO)O3)c2=O)c1. The molecule has 2 aromatic heterocycles. The summed E-state index contributed by atoms with van der Waals surface area (Å²) in [5.74, 6) is -5.91. The molecule has 0 amide bonds. The normalized spacial score (nSPS) is 16.5. The van der Waals surface area contributed by atoms with Crippen molar-refractivity contribution in [1.82, 2.24) is 14.1 Å². The van der Waals surface area contributed by atoms with Gasteiger partial charge in [-0.15, -0.1) is 0 Å². The summed E-state index contributed by atoms with van der Waals surface area (Å²) >= 11 is 0. The van der Waals surface area contributed by atoms with Crippen LogP contribution >= 0.6 is 0 Å². The molecule has 53 heavy (non-hydrogen) atoms. The molecule has 0 unspecified atom stereocenters. The number of nitrogens with zero attached hydrogens (tertiary/aromatic N) is 4. The first-order valence-electron chi connectivity index (χ1n) is 15.8. The Kier molecular flexibility index (Phi) is 10.7. The molecule has 1 fully saturated rings. The van der Waals surface area contributed by atoms with E-state index in [1.165, 1.54) is 60.7 Å². The van der Waals surface area contributed by atoms with Gasteiger partial charge in [-0.2, -0.15) is 19.2 Å². The summed E-state index contributed by atoms with van der Waals surface area (Å²) in [6, 6.07) is 22.3. The van der Waals surface area contributed by atoms with Crippen molar-refractivity contribution < 1.29 is 47.2 Å². The van der Waals surface area contributed by atoms with Gasteiger partial charge >= 0.3 is 17.6 Å². The quantitative estimate of drug-likeness (QED) is 0.207. The topological polar surface area (TPSA) is 189 Å². The van der Waals surface area contributed by atoms with E-state index in [0.29, 0.717) is 16.3 Å². The van der Waals surface area contributed by atoms with Crippen LogP contribution in [0.5, 0.6) is 11.8 Å². The molecule has 0 radical (unpaired) electrons. The lowest BCUT2D eigenvalue weighted by Crippen LogP contribution is -2.46. The van der Waals surface area contributed by atoms with E-state index >= 15 is 4.39 Å². The summed E-state index contributed by atoms with van der Waals surface area (Å²) in [5.41, 5.74) is -2.91. The highest BCUT2D eigenvalue weighted by Gasteiger charge is 2.38. The second-order valence-corrected chi connectivity index (χ2v) is 11.5. The fourth-order valence-corrected chi connectivity index (χ4v) is 5.35. The predicted octanol–water partition coefficient (Wildman–Crippen LogP) is 3.55. The minimum absolute atomic E-state index is 0.00141. The second-order valence-electron chi connectivity index (χ2n) is 11.5. The van der Waals surface area contributed by atoms with Crippen LogP contribution in [0.25, 0.3) is 0 Å². The zero-order chi connectivity index (χ0) is 37.6. The Morgan fingerprint density at radius 3 is 2.32 bits per heavy atom. The molecular formula is C37H26F2N4O10. The number of halogens is 2. The molecule has 16 heteroatoms. The van der Waals surface area contributed by atoms with Crippen LogP contribution in [0.1, 0.15) is 54.8 Å². The lowest BCUT2D eigenvalue weighted by atomic mass is 10.1. The van der Waals surface area contributed by atoms with E-state index in [0.717, 1.165) is 12.1 Å². The number of aliphatic hydroxyl groups is 1. The van der Waals surface area contributed by atoms with E-state index in [2.05, 4.69) is 4.98 Å². The molecule has 0 saturated carbocycles. The van der Waals surface area contributed by atoms with Crippen molar-refractivity contribution in [2.45, 2.75) is 31.5 Å². The lowest BCUT2D eigenvalue weighted by Gasteiger charge is -2.17. The van der Waals surface area contributed by atoms with Crippen LogP contribution in [0.3, 0.4) is 0 Å². The number of carbonyl (C=O) groups excluding carboxylic acids is 3. The van der Waals surface area contributed by atoms with Gasteiger partial charge in [-0.3, -0.25) is 14.2 Å². The van der Waals surface area contributed by atoms with Gasteiger partial charge in [0.05, 0.1) is 36.6 Å². The Labute approximate surface area is 297 Å². The molecule has 1 aliphatic heterocycles. The van der Waals surface area contributed by atoms with E-state index in [1.807, 2.05) is 0 Å². The Morgan fingerprint density at radius 1 is 0.906 bits per heavy atom. The van der Waals surface area contributed by atoms with Crippen molar-refractivity contribution in [1.29, 1.82) is 5.26 Å². The van der Waals surface area contributed by atoms with Gasteiger partial charge < -0.3 is 24.1 Å². The number of nitriles is 1. The molecule has 0 spiro atoms. The molecular weight excluding hydrogens is 698 g/mol. The maximum atomic E-state index is 15.0. The Bertz CT molecular complexity index is 2360. The third-order valence-electron chi connectivity index (χ3n) is 8.02. The first kappa shape index (κ1) is 36.1. The molecule has 1 N–H and O–H groups in total. The average molecular weight is 725 g/mol.